The van der Waals surface area contributed by atoms with Crippen LogP contribution in [0, 0.1) is 0 Å². The molecular formula is C18H13N3O2. The molecule has 23 heavy (non-hydrogen) atoms. The Morgan fingerprint density at radius 1 is 0.783 bits per heavy atom. The third-order valence-electron chi connectivity index (χ3n) is 3.77. The fourth-order valence-electron chi connectivity index (χ4n) is 2.63. The predicted molar refractivity (Wildman–Crippen MR) is 87.6 cm³/mol. The Morgan fingerprint density at radius 2 is 1.52 bits per heavy atom. The van der Waals surface area contributed by atoms with Gasteiger partial charge in [0, 0.05) is 5.56 Å². The van der Waals surface area contributed by atoms with E-state index in [1.807, 2.05) is 36.4 Å². The van der Waals surface area contributed by atoms with Crippen LogP contribution in [0.1, 0.15) is 0 Å². The summed E-state index contributed by atoms with van der Waals surface area (Å²) in [6, 6.07) is 19.8. The van der Waals surface area contributed by atoms with Crippen molar-refractivity contribution < 1.29 is 10.2 Å². The summed E-state index contributed by atoms with van der Waals surface area (Å²) in [4.78, 5) is 0. The van der Waals surface area contributed by atoms with E-state index in [-0.39, 0.29) is 11.5 Å². The van der Waals surface area contributed by atoms with Crippen molar-refractivity contribution in [2.45, 2.75) is 0 Å². The van der Waals surface area contributed by atoms with Gasteiger partial charge in [0.25, 0.3) is 0 Å². The lowest BCUT2D eigenvalue weighted by Gasteiger charge is -2.07. The Bertz CT molecular complexity index is 1010. The van der Waals surface area contributed by atoms with Crippen LogP contribution in [0.25, 0.3) is 27.8 Å². The van der Waals surface area contributed by atoms with E-state index >= 15 is 0 Å². The maximum atomic E-state index is 10.0. The lowest BCUT2D eigenvalue weighted by Crippen LogP contribution is -1.96. The molecular weight excluding hydrogens is 290 g/mol. The highest BCUT2D eigenvalue weighted by atomic mass is 16.3. The average Bonchev–Trinajstić information content (AvgIpc) is 2.99. The number of phenolic OH excluding ortho intramolecular Hbond substituents is 2. The molecule has 0 saturated carbocycles. The molecule has 0 saturated heterocycles. The summed E-state index contributed by atoms with van der Waals surface area (Å²) < 4.78 is 1.59. The molecule has 0 aliphatic heterocycles. The van der Waals surface area contributed by atoms with E-state index < -0.39 is 0 Å². The summed E-state index contributed by atoms with van der Waals surface area (Å²) in [5.41, 5.74) is 3.62. The van der Waals surface area contributed by atoms with Crippen LogP contribution in [0.5, 0.6) is 11.5 Å². The van der Waals surface area contributed by atoms with Crippen LogP contribution in [0.4, 0.5) is 0 Å². The number of para-hydroxylation sites is 3. The molecule has 0 fully saturated rings. The molecule has 4 aromatic rings. The fourth-order valence-corrected chi connectivity index (χ4v) is 2.63. The van der Waals surface area contributed by atoms with E-state index in [0.717, 1.165) is 16.6 Å². The van der Waals surface area contributed by atoms with Gasteiger partial charge in [-0.25, -0.2) is 4.68 Å². The molecule has 5 heteroatoms. The van der Waals surface area contributed by atoms with Crippen molar-refractivity contribution in [1.82, 2.24) is 15.0 Å². The molecule has 0 spiro atoms. The molecule has 0 aliphatic carbocycles. The van der Waals surface area contributed by atoms with Gasteiger partial charge in [-0.2, -0.15) is 0 Å². The van der Waals surface area contributed by atoms with Crippen LogP contribution in [-0.2, 0) is 0 Å². The van der Waals surface area contributed by atoms with Gasteiger partial charge < -0.3 is 10.2 Å². The Labute approximate surface area is 132 Å². The number of phenols is 2. The van der Waals surface area contributed by atoms with Gasteiger partial charge in [0.15, 0.2) is 0 Å². The average molecular weight is 303 g/mol. The standard InChI is InChI=1S/C18H13N3O2/c22-17-7-3-1-5-13(17)12-9-10-14-16(11-12)21(20-19-14)15-6-2-4-8-18(15)23/h1-11,22-23H. The smallest absolute Gasteiger partial charge is 0.141 e. The Kier molecular flexibility index (Phi) is 2.98. The van der Waals surface area contributed by atoms with Crippen molar-refractivity contribution in [3.63, 3.8) is 0 Å². The number of fused-ring (bicyclic) bond motifs is 1. The zero-order valence-electron chi connectivity index (χ0n) is 12.1. The number of aromatic nitrogens is 3. The molecule has 3 aromatic carbocycles. The number of rotatable bonds is 2. The molecule has 0 aliphatic rings. The minimum Gasteiger partial charge on any atom is -0.507 e. The molecule has 1 heterocycles. The van der Waals surface area contributed by atoms with Crippen LogP contribution in [0.15, 0.2) is 66.7 Å². The highest BCUT2D eigenvalue weighted by Crippen LogP contribution is 2.31. The summed E-state index contributed by atoms with van der Waals surface area (Å²) in [6.07, 6.45) is 0. The first-order valence-electron chi connectivity index (χ1n) is 7.16. The van der Waals surface area contributed by atoms with Gasteiger partial charge in [-0.3, -0.25) is 0 Å². The lowest BCUT2D eigenvalue weighted by atomic mass is 10.0. The van der Waals surface area contributed by atoms with E-state index in [1.54, 1.807) is 35.0 Å². The van der Waals surface area contributed by atoms with Crippen LogP contribution < -0.4 is 0 Å². The summed E-state index contributed by atoms with van der Waals surface area (Å²) in [5, 5.41) is 28.3. The second kappa shape index (κ2) is 5.14. The number of benzene rings is 3. The second-order valence-corrected chi connectivity index (χ2v) is 5.21. The molecule has 0 bridgehead atoms. The number of hydrogen-bond acceptors (Lipinski definition) is 4. The van der Waals surface area contributed by atoms with Crippen molar-refractivity contribution in [3.8, 4) is 28.3 Å². The third kappa shape index (κ3) is 2.19. The van der Waals surface area contributed by atoms with Crippen LogP contribution in [0.3, 0.4) is 0 Å². The fraction of sp³-hybridized carbons (Fsp3) is 0. The first kappa shape index (κ1) is 13.3. The van der Waals surface area contributed by atoms with Crippen molar-refractivity contribution in [2.75, 3.05) is 0 Å². The topological polar surface area (TPSA) is 71.2 Å². The van der Waals surface area contributed by atoms with E-state index in [9.17, 15) is 10.2 Å². The predicted octanol–water partition coefficient (Wildman–Crippen LogP) is 3.50. The van der Waals surface area contributed by atoms with Crippen molar-refractivity contribution >= 4 is 11.0 Å². The van der Waals surface area contributed by atoms with E-state index in [4.69, 9.17) is 0 Å². The number of hydrogen-bond donors (Lipinski definition) is 2. The zero-order valence-corrected chi connectivity index (χ0v) is 12.1. The van der Waals surface area contributed by atoms with Crippen molar-refractivity contribution in [2.24, 2.45) is 0 Å². The van der Waals surface area contributed by atoms with Gasteiger partial charge in [0.2, 0.25) is 0 Å². The molecule has 0 radical (unpaired) electrons. The van der Waals surface area contributed by atoms with Crippen molar-refractivity contribution in [1.29, 1.82) is 0 Å². The maximum absolute atomic E-state index is 10.0. The highest BCUT2D eigenvalue weighted by Gasteiger charge is 2.12. The number of nitrogens with zero attached hydrogens (tertiary/aromatic N) is 3. The quantitative estimate of drug-likeness (QED) is 0.594. The summed E-state index contributed by atoms with van der Waals surface area (Å²) in [7, 11) is 0. The Morgan fingerprint density at radius 3 is 2.30 bits per heavy atom. The molecule has 4 rings (SSSR count). The van der Waals surface area contributed by atoms with Gasteiger partial charge in [-0.1, -0.05) is 41.6 Å². The third-order valence-corrected chi connectivity index (χ3v) is 3.77. The maximum Gasteiger partial charge on any atom is 0.141 e. The van der Waals surface area contributed by atoms with Gasteiger partial charge in [0.1, 0.15) is 22.7 Å². The lowest BCUT2D eigenvalue weighted by molar-refractivity contribution is 0.470. The van der Waals surface area contributed by atoms with E-state index in [2.05, 4.69) is 10.3 Å². The minimum absolute atomic E-state index is 0.132. The van der Waals surface area contributed by atoms with Gasteiger partial charge in [0.05, 0.1) is 5.52 Å². The van der Waals surface area contributed by atoms with Gasteiger partial charge in [-0.15, -0.1) is 5.10 Å². The Balaban J connectivity index is 1.94. The highest BCUT2D eigenvalue weighted by molar-refractivity contribution is 5.84. The van der Waals surface area contributed by atoms with Gasteiger partial charge in [-0.05, 0) is 35.9 Å². The normalized spacial score (nSPS) is 11.0. The van der Waals surface area contributed by atoms with Crippen LogP contribution >= 0.6 is 0 Å². The summed E-state index contributed by atoms with van der Waals surface area (Å²) >= 11 is 0. The molecule has 1 aromatic heterocycles. The molecule has 0 unspecified atom stereocenters. The van der Waals surface area contributed by atoms with Crippen molar-refractivity contribution in [3.05, 3.63) is 66.7 Å². The second-order valence-electron chi connectivity index (χ2n) is 5.21. The SMILES string of the molecule is Oc1ccccc1-c1ccc2nnn(-c3ccccc3O)c2c1. The van der Waals surface area contributed by atoms with Crippen LogP contribution in [-0.4, -0.2) is 25.2 Å². The molecule has 2 N–H and O–H groups in total. The van der Waals surface area contributed by atoms with E-state index in [1.165, 1.54) is 0 Å². The first-order valence-corrected chi connectivity index (χ1v) is 7.16. The summed E-state index contributed by atoms with van der Waals surface area (Å²) in [5.74, 6) is 0.348. The van der Waals surface area contributed by atoms with Crippen LogP contribution in [0.2, 0.25) is 0 Å². The zero-order chi connectivity index (χ0) is 15.8. The van der Waals surface area contributed by atoms with E-state index in [0.29, 0.717) is 11.2 Å². The first-order chi connectivity index (χ1) is 11.2. The minimum atomic E-state index is 0.132. The molecule has 0 atom stereocenters. The monoisotopic (exact) mass is 303 g/mol. The largest absolute Gasteiger partial charge is 0.507 e. The molecule has 5 nitrogen and oxygen atoms in total. The molecule has 112 valence electrons. The molecule has 0 amide bonds. The summed E-state index contributed by atoms with van der Waals surface area (Å²) in [6.45, 7) is 0. The Hall–Kier alpha value is -3.34. The van der Waals surface area contributed by atoms with Gasteiger partial charge >= 0.3 is 0 Å². The number of aromatic hydroxyl groups is 2.